The van der Waals surface area contributed by atoms with Gasteiger partial charge in [0.15, 0.2) is 0 Å². The lowest BCUT2D eigenvalue weighted by Gasteiger charge is -2.01. The molecule has 1 unspecified atom stereocenters. The summed E-state index contributed by atoms with van der Waals surface area (Å²) in [6, 6.07) is 6.41. The van der Waals surface area contributed by atoms with E-state index in [1.54, 1.807) is 12.1 Å². The summed E-state index contributed by atoms with van der Waals surface area (Å²) in [6.45, 7) is 0.711. The van der Waals surface area contributed by atoms with Gasteiger partial charge in [-0.1, -0.05) is 11.2 Å². The van der Waals surface area contributed by atoms with Crippen molar-refractivity contribution in [3.05, 3.63) is 35.7 Å². The first kappa shape index (κ1) is 11.9. The molecule has 6 nitrogen and oxygen atoms in total. The minimum atomic E-state index is -0.985. The van der Waals surface area contributed by atoms with Gasteiger partial charge in [0.1, 0.15) is 6.10 Å². The molecule has 2 heterocycles. The number of ether oxygens (including phenoxy) is 1. The SMILES string of the molecule is O=C(O)c1cccc(-c2nc(C3CCCO3)no2)c1. The first-order valence-corrected chi connectivity index (χ1v) is 6.03. The second kappa shape index (κ2) is 4.81. The first-order chi connectivity index (χ1) is 9.24. The Labute approximate surface area is 109 Å². The number of hydrogen-bond donors (Lipinski definition) is 1. The molecule has 6 heteroatoms. The van der Waals surface area contributed by atoms with Gasteiger partial charge in [-0.05, 0) is 31.0 Å². The number of benzene rings is 1. The second-order valence-corrected chi connectivity index (χ2v) is 4.35. The number of hydrogen-bond acceptors (Lipinski definition) is 5. The highest BCUT2D eigenvalue weighted by Gasteiger charge is 2.23. The molecule has 1 aromatic carbocycles. The van der Waals surface area contributed by atoms with E-state index in [9.17, 15) is 4.79 Å². The number of carbonyl (C=O) groups is 1. The fourth-order valence-electron chi connectivity index (χ4n) is 2.05. The highest BCUT2D eigenvalue weighted by atomic mass is 16.5. The molecule has 0 amide bonds. The summed E-state index contributed by atoms with van der Waals surface area (Å²) in [5.74, 6) is -0.150. The van der Waals surface area contributed by atoms with Gasteiger partial charge in [-0.3, -0.25) is 0 Å². The lowest BCUT2D eigenvalue weighted by molar-refractivity contribution is 0.0697. The molecule has 1 aliphatic heterocycles. The van der Waals surface area contributed by atoms with Crippen molar-refractivity contribution in [3.63, 3.8) is 0 Å². The summed E-state index contributed by atoms with van der Waals surface area (Å²) >= 11 is 0. The third-order valence-corrected chi connectivity index (χ3v) is 3.02. The molecule has 1 aliphatic rings. The molecule has 19 heavy (non-hydrogen) atoms. The van der Waals surface area contributed by atoms with Crippen LogP contribution in [0.5, 0.6) is 0 Å². The van der Waals surface area contributed by atoms with Crippen molar-refractivity contribution in [1.82, 2.24) is 10.1 Å². The van der Waals surface area contributed by atoms with Crippen molar-refractivity contribution in [3.8, 4) is 11.5 Å². The molecule has 1 atom stereocenters. The van der Waals surface area contributed by atoms with Crippen LogP contribution < -0.4 is 0 Å². The monoisotopic (exact) mass is 260 g/mol. The number of aromatic nitrogens is 2. The van der Waals surface area contributed by atoms with Gasteiger partial charge in [0.2, 0.25) is 5.82 Å². The lowest BCUT2D eigenvalue weighted by Crippen LogP contribution is -1.98. The van der Waals surface area contributed by atoms with E-state index in [2.05, 4.69) is 10.1 Å². The molecular weight excluding hydrogens is 248 g/mol. The quantitative estimate of drug-likeness (QED) is 0.911. The predicted octanol–water partition coefficient (Wildman–Crippen LogP) is 2.29. The fourth-order valence-corrected chi connectivity index (χ4v) is 2.05. The lowest BCUT2D eigenvalue weighted by atomic mass is 10.1. The summed E-state index contributed by atoms with van der Waals surface area (Å²) in [5, 5.41) is 12.8. The Morgan fingerprint density at radius 1 is 1.42 bits per heavy atom. The topological polar surface area (TPSA) is 85.5 Å². The number of rotatable bonds is 3. The van der Waals surface area contributed by atoms with Crippen LogP contribution in [0, 0.1) is 0 Å². The number of aromatic carboxylic acids is 1. The molecule has 0 saturated carbocycles. The maximum Gasteiger partial charge on any atom is 0.335 e. The van der Waals surface area contributed by atoms with Gasteiger partial charge in [-0.15, -0.1) is 0 Å². The first-order valence-electron chi connectivity index (χ1n) is 6.03. The molecule has 0 spiro atoms. The fraction of sp³-hybridized carbons (Fsp3) is 0.308. The Hall–Kier alpha value is -2.21. The normalized spacial score (nSPS) is 18.6. The molecule has 1 N–H and O–H groups in total. The molecular formula is C13H12N2O4. The molecule has 98 valence electrons. The van der Waals surface area contributed by atoms with Crippen LogP contribution in [0.3, 0.4) is 0 Å². The van der Waals surface area contributed by atoms with Crippen molar-refractivity contribution in [2.75, 3.05) is 6.61 Å². The van der Waals surface area contributed by atoms with Crippen molar-refractivity contribution >= 4 is 5.97 Å². The van der Waals surface area contributed by atoms with Gasteiger partial charge < -0.3 is 14.4 Å². The minimum Gasteiger partial charge on any atom is -0.478 e. The summed E-state index contributed by atoms with van der Waals surface area (Å²) in [4.78, 5) is 15.2. The van der Waals surface area contributed by atoms with E-state index >= 15 is 0 Å². The van der Waals surface area contributed by atoms with Crippen LogP contribution in [-0.4, -0.2) is 27.8 Å². The van der Waals surface area contributed by atoms with Crippen LogP contribution in [-0.2, 0) is 4.74 Å². The smallest absolute Gasteiger partial charge is 0.335 e. The Kier molecular flexibility index (Phi) is 3.00. The number of nitrogens with zero attached hydrogens (tertiary/aromatic N) is 2. The van der Waals surface area contributed by atoms with Gasteiger partial charge in [0.25, 0.3) is 5.89 Å². The average Bonchev–Trinajstić information content (AvgIpc) is 3.09. The van der Waals surface area contributed by atoms with E-state index < -0.39 is 5.97 Å². The summed E-state index contributed by atoms with van der Waals surface area (Å²) in [6.07, 6.45) is 1.76. The second-order valence-electron chi connectivity index (χ2n) is 4.35. The van der Waals surface area contributed by atoms with Gasteiger partial charge in [-0.2, -0.15) is 4.98 Å². The average molecular weight is 260 g/mol. The Morgan fingerprint density at radius 2 is 2.32 bits per heavy atom. The molecule has 1 saturated heterocycles. The summed E-state index contributed by atoms with van der Waals surface area (Å²) in [5.41, 5.74) is 0.783. The number of carboxylic acid groups (broad SMARTS) is 1. The zero-order valence-electron chi connectivity index (χ0n) is 10.1. The number of carboxylic acids is 1. The Bertz CT molecular complexity index is 602. The van der Waals surface area contributed by atoms with Crippen molar-refractivity contribution < 1.29 is 19.2 Å². The Balaban J connectivity index is 1.89. The molecule has 2 aromatic rings. The van der Waals surface area contributed by atoms with Crippen LogP contribution in [0.15, 0.2) is 28.8 Å². The van der Waals surface area contributed by atoms with Crippen LogP contribution in [0.1, 0.15) is 35.1 Å². The van der Waals surface area contributed by atoms with Gasteiger partial charge in [-0.25, -0.2) is 4.79 Å². The molecule has 0 radical (unpaired) electrons. The zero-order valence-corrected chi connectivity index (χ0v) is 10.1. The van der Waals surface area contributed by atoms with Crippen LogP contribution >= 0.6 is 0 Å². The van der Waals surface area contributed by atoms with Crippen molar-refractivity contribution in [2.45, 2.75) is 18.9 Å². The maximum absolute atomic E-state index is 10.9. The predicted molar refractivity (Wildman–Crippen MR) is 64.6 cm³/mol. The maximum atomic E-state index is 10.9. The third-order valence-electron chi connectivity index (χ3n) is 3.02. The highest BCUT2D eigenvalue weighted by Crippen LogP contribution is 2.28. The van der Waals surface area contributed by atoms with Gasteiger partial charge in [0, 0.05) is 12.2 Å². The molecule has 0 bridgehead atoms. The van der Waals surface area contributed by atoms with Crippen LogP contribution in [0.2, 0.25) is 0 Å². The van der Waals surface area contributed by atoms with Gasteiger partial charge in [0.05, 0.1) is 5.56 Å². The van der Waals surface area contributed by atoms with Crippen LogP contribution in [0.25, 0.3) is 11.5 Å². The van der Waals surface area contributed by atoms with Crippen molar-refractivity contribution in [1.29, 1.82) is 0 Å². The molecule has 1 fully saturated rings. The van der Waals surface area contributed by atoms with E-state index in [0.29, 0.717) is 23.9 Å². The third kappa shape index (κ3) is 2.34. The summed E-state index contributed by atoms with van der Waals surface area (Å²) in [7, 11) is 0. The molecule has 0 aliphatic carbocycles. The van der Waals surface area contributed by atoms with E-state index in [0.717, 1.165) is 12.8 Å². The standard InChI is InChI=1S/C13H12N2O4/c16-13(17)9-4-1-3-8(7-9)12-14-11(15-19-12)10-5-2-6-18-10/h1,3-4,7,10H,2,5-6H2,(H,16,17). The summed E-state index contributed by atoms with van der Waals surface area (Å²) < 4.78 is 10.6. The van der Waals surface area contributed by atoms with E-state index in [-0.39, 0.29) is 11.7 Å². The molecule has 1 aromatic heterocycles. The van der Waals surface area contributed by atoms with E-state index in [1.165, 1.54) is 12.1 Å². The highest BCUT2D eigenvalue weighted by molar-refractivity contribution is 5.88. The van der Waals surface area contributed by atoms with E-state index in [4.69, 9.17) is 14.4 Å². The Morgan fingerprint density at radius 3 is 3.05 bits per heavy atom. The minimum absolute atomic E-state index is 0.111. The largest absolute Gasteiger partial charge is 0.478 e. The zero-order chi connectivity index (χ0) is 13.2. The van der Waals surface area contributed by atoms with E-state index in [1.807, 2.05) is 0 Å². The molecule has 3 rings (SSSR count). The van der Waals surface area contributed by atoms with Crippen molar-refractivity contribution in [2.24, 2.45) is 0 Å². The van der Waals surface area contributed by atoms with Gasteiger partial charge >= 0.3 is 5.97 Å². The van der Waals surface area contributed by atoms with Crippen LogP contribution in [0.4, 0.5) is 0 Å².